The molecule has 15 heavy (non-hydrogen) atoms. The van der Waals surface area contributed by atoms with Crippen LogP contribution in [-0.4, -0.2) is 50.8 Å². The van der Waals surface area contributed by atoms with Gasteiger partial charge >= 0.3 is 5.97 Å². The molecule has 0 spiro atoms. The standard InChI is InChI=1S/C11H19NO3/c1-9(4-5-10-8-15-10)11(13)14-7-6-12(2)3/h4,10H,5-8H2,1-3H3. The SMILES string of the molecule is CC(=CCC1CO1)C(=O)OCCN(C)C. The molecule has 0 saturated carbocycles. The Morgan fingerprint density at radius 1 is 1.60 bits per heavy atom. The smallest absolute Gasteiger partial charge is 0.333 e. The molecule has 4 heteroatoms. The number of ether oxygens (including phenoxy) is 2. The second-order valence-electron chi connectivity index (χ2n) is 4.02. The third-order valence-corrected chi connectivity index (χ3v) is 2.18. The molecular weight excluding hydrogens is 194 g/mol. The molecule has 1 unspecified atom stereocenters. The summed E-state index contributed by atoms with van der Waals surface area (Å²) in [5, 5.41) is 0. The van der Waals surface area contributed by atoms with Crippen molar-refractivity contribution in [2.75, 3.05) is 33.9 Å². The highest BCUT2D eigenvalue weighted by molar-refractivity contribution is 5.87. The Kier molecular flexibility index (Phi) is 4.78. The topological polar surface area (TPSA) is 42.1 Å². The molecule has 1 rings (SSSR count). The Hall–Kier alpha value is -0.870. The van der Waals surface area contributed by atoms with E-state index in [1.54, 1.807) is 6.92 Å². The summed E-state index contributed by atoms with van der Waals surface area (Å²) in [5.74, 6) is -0.225. The van der Waals surface area contributed by atoms with E-state index in [2.05, 4.69) is 0 Å². The Morgan fingerprint density at radius 3 is 2.80 bits per heavy atom. The summed E-state index contributed by atoms with van der Waals surface area (Å²) in [4.78, 5) is 13.4. The third kappa shape index (κ3) is 5.54. The zero-order chi connectivity index (χ0) is 11.3. The number of nitrogens with zero attached hydrogens (tertiary/aromatic N) is 1. The van der Waals surface area contributed by atoms with Crippen molar-refractivity contribution in [2.45, 2.75) is 19.4 Å². The van der Waals surface area contributed by atoms with E-state index in [0.717, 1.165) is 19.6 Å². The van der Waals surface area contributed by atoms with Crippen LogP contribution >= 0.6 is 0 Å². The van der Waals surface area contributed by atoms with Crippen molar-refractivity contribution in [3.63, 3.8) is 0 Å². The molecule has 0 bridgehead atoms. The lowest BCUT2D eigenvalue weighted by molar-refractivity contribution is -0.139. The van der Waals surface area contributed by atoms with E-state index in [-0.39, 0.29) is 5.97 Å². The molecule has 86 valence electrons. The van der Waals surface area contributed by atoms with Crippen LogP contribution in [0.4, 0.5) is 0 Å². The molecule has 0 radical (unpaired) electrons. The molecule has 0 amide bonds. The van der Waals surface area contributed by atoms with Crippen molar-refractivity contribution < 1.29 is 14.3 Å². The van der Waals surface area contributed by atoms with Gasteiger partial charge in [0.1, 0.15) is 6.61 Å². The summed E-state index contributed by atoms with van der Waals surface area (Å²) in [6.45, 7) is 3.79. The first-order chi connectivity index (χ1) is 7.09. The molecule has 1 heterocycles. The van der Waals surface area contributed by atoms with E-state index in [4.69, 9.17) is 9.47 Å². The van der Waals surface area contributed by atoms with Crippen LogP contribution in [0.1, 0.15) is 13.3 Å². The van der Waals surface area contributed by atoms with Crippen LogP contribution < -0.4 is 0 Å². The van der Waals surface area contributed by atoms with E-state index in [0.29, 0.717) is 18.3 Å². The average Bonchev–Trinajstić information content (AvgIpc) is 2.96. The van der Waals surface area contributed by atoms with E-state index in [1.165, 1.54) is 0 Å². The second-order valence-corrected chi connectivity index (χ2v) is 4.02. The Labute approximate surface area is 90.8 Å². The summed E-state index contributed by atoms with van der Waals surface area (Å²) >= 11 is 0. The predicted octanol–water partition coefficient (Wildman–Crippen LogP) is 0.826. The average molecular weight is 213 g/mol. The van der Waals surface area contributed by atoms with Gasteiger partial charge in [0.05, 0.1) is 12.7 Å². The molecule has 1 atom stereocenters. The monoisotopic (exact) mass is 213 g/mol. The first-order valence-corrected chi connectivity index (χ1v) is 5.20. The lowest BCUT2D eigenvalue weighted by atomic mass is 10.2. The van der Waals surface area contributed by atoms with Crippen molar-refractivity contribution in [2.24, 2.45) is 0 Å². The maximum absolute atomic E-state index is 11.4. The quantitative estimate of drug-likeness (QED) is 0.372. The number of carbonyl (C=O) groups excluding carboxylic acids is 1. The molecular formula is C11H19NO3. The van der Waals surface area contributed by atoms with Gasteiger partial charge in [0.2, 0.25) is 0 Å². The summed E-state index contributed by atoms with van der Waals surface area (Å²) in [6, 6.07) is 0. The lowest BCUT2D eigenvalue weighted by Gasteiger charge is -2.09. The Bertz CT molecular complexity index is 244. The van der Waals surface area contributed by atoms with E-state index in [1.807, 2.05) is 25.1 Å². The van der Waals surface area contributed by atoms with Crippen molar-refractivity contribution in [1.29, 1.82) is 0 Å². The highest BCUT2D eigenvalue weighted by atomic mass is 16.6. The van der Waals surface area contributed by atoms with Crippen LogP contribution in [0.15, 0.2) is 11.6 Å². The van der Waals surface area contributed by atoms with Crippen molar-refractivity contribution in [3.05, 3.63) is 11.6 Å². The van der Waals surface area contributed by atoms with E-state index >= 15 is 0 Å². The first kappa shape index (κ1) is 12.2. The third-order valence-electron chi connectivity index (χ3n) is 2.18. The van der Waals surface area contributed by atoms with Gasteiger partial charge in [-0.2, -0.15) is 0 Å². The number of epoxide rings is 1. The maximum atomic E-state index is 11.4. The van der Waals surface area contributed by atoms with Crippen LogP contribution in [0.5, 0.6) is 0 Å². The number of hydrogen-bond donors (Lipinski definition) is 0. The molecule has 4 nitrogen and oxygen atoms in total. The minimum Gasteiger partial charge on any atom is -0.461 e. The minimum absolute atomic E-state index is 0.225. The molecule has 1 fully saturated rings. The van der Waals surface area contributed by atoms with Crippen LogP contribution in [-0.2, 0) is 14.3 Å². The van der Waals surface area contributed by atoms with Gasteiger partial charge in [-0.3, -0.25) is 0 Å². The molecule has 0 aromatic rings. The fraction of sp³-hybridized carbons (Fsp3) is 0.727. The molecule has 0 aliphatic carbocycles. The molecule has 0 aromatic carbocycles. The van der Waals surface area contributed by atoms with Crippen molar-refractivity contribution >= 4 is 5.97 Å². The van der Waals surface area contributed by atoms with E-state index in [9.17, 15) is 4.79 Å². The number of rotatable bonds is 6. The zero-order valence-electron chi connectivity index (χ0n) is 9.66. The van der Waals surface area contributed by atoms with Gasteiger partial charge in [0.15, 0.2) is 0 Å². The fourth-order valence-electron chi connectivity index (χ4n) is 1.03. The van der Waals surface area contributed by atoms with Gasteiger partial charge in [-0.05, 0) is 27.4 Å². The Balaban J connectivity index is 2.16. The van der Waals surface area contributed by atoms with Crippen LogP contribution in [0, 0.1) is 0 Å². The molecule has 0 N–H and O–H groups in total. The van der Waals surface area contributed by atoms with Crippen molar-refractivity contribution in [3.8, 4) is 0 Å². The number of esters is 1. The van der Waals surface area contributed by atoms with Crippen molar-refractivity contribution in [1.82, 2.24) is 4.90 Å². The normalized spacial score (nSPS) is 20.5. The lowest BCUT2D eigenvalue weighted by Crippen LogP contribution is -2.20. The summed E-state index contributed by atoms with van der Waals surface area (Å²) < 4.78 is 10.1. The first-order valence-electron chi connectivity index (χ1n) is 5.20. The molecule has 1 aliphatic rings. The molecule has 0 aromatic heterocycles. The van der Waals surface area contributed by atoms with Gasteiger partial charge in [-0.1, -0.05) is 6.08 Å². The number of carbonyl (C=O) groups is 1. The van der Waals surface area contributed by atoms with Gasteiger partial charge in [0, 0.05) is 12.1 Å². The summed E-state index contributed by atoms with van der Waals surface area (Å²) in [5.41, 5.74) is 0.671. The zero-order valence-corrected chi connectivity index (χ0v) is 9.66. The highest BCUT2D eigenvalue weighted by Crippen LogP contribution is 2.15. The molecule has 1 aliphatic heterocycles. The predicted molar refractivity (Wildman–Crippen MR) is 57.6 cm³/mol. The molecule has 1 saturated heterocycles. The number of likely N-dealkylation sites (N-methyl/N-ethyl adjacent to an activating group) is 1. The van der Waals surface area contributed by atoms with Crippen LogP contribution in [0.3, 0.4) is 0 Å². The largest absolute Gasteiger partial charge is 0.461 e. The van der Waals surface area contributed by atoms with Gasteiger partial charge in [0.25, 0.3) is 0 Å². The van der Waals surface area contributed by atoms with Gasteiger partial charge in [-0.15, -0.1) is 0 Å². The Morgan fingerprint density at radius 2 is 2.27 bits per heavy atom. The summed E-state index contributed by atoms with van der Waals surface area (Å²) in [6.07, 6.45) is 3.03. The van der Waals surface area contributed by atoms with Gasteiger partial charge < -0.3 is 14.4 Å². The minimum atomic E-state index is -0.225. The van der Waals surface area contributed by atoms with E-state index < -0.39 is 0 Å². The van der Waals surface area contributed by atoms with Crippen LogP contribution in [0.2, 0.25) is 0 Å². The summed E-state index contributed by atoms with van der Waals surface area (Å²) in [7, 11) is 3.89. The van der Waals surface area contributed by atoms with Crippen LogP contribution in [0.25, 0.3) is 0 Å². The highest BCUT2D eigenvalue weighted by Gasteiger charge is 2.21. The second kappa shape index (κ2) is 5.88. The number of hydrogen-bond acceptors (Lipinski definition) is 4. The maximum Gasteiger partial charge on any atom is 0.333 e. The van der Waals surface area contributed by atoms with Gasteiger partial charge in [-0.25, -0.2) is 4.79 Å². The fourth-order valence-corrected chi connectivity index (χ4v) is 1.03.